The van der Waals surface area contributed by atoms with Crippen LogP contribution in [0.1, 0.15) is 36.6 Å². The number of ether oxygens (including phenoxy) is 1. The SMILES string of the molecule is CNC1CCCCc2nc(-c3ccccc3OC)ncc21. The van der Waals surface area contributed by atoms with Crippen LogP contribution in [-0.2, 0) is 6.42 Å². The van der Waals surface area contributed by atoms with Gasteiger partial charge in [0.15, 0.2) is 5.82 Å². The van der Waals surface area contributed by atoms with Gasteiger partial charge in [0.25, 0.3) is 0 Å². The highest BCUT2D eigenvalue weighted by molar-refractivity contribution is 5.64. The van der Waals surface area contributed by atoms with Crippen LogP contribution in [0.15, 0.2) is 30.5 Å². The van der Waals surface area contributed by atoms with Crippen LogP contribution >= 0.6 is 0 Å². The van der Waals surface area contributed by atoms with E-state index in [-0.39, 0.29) is 0 Å². The molecule has 0 radical (unpaired) electrons. The van der Waals surface area contributed by atoms with Crippen LogP contribution in [0.2, 0.25) is 0 Å². The van der Waals surface area contributed by atoms with Gasteiger partial charge in [-0.1, -0.05) is 18.6 Å². The summed E-state index contributed by atoms with van der Waals surface area (Å²) in [6.07, 6.45) is 6.58. The summed E-state index contributed by atoms with van der Waals surface area (Å²) in [5, 5.41) is 3.38. The van der Waals surface area contributed by atoms with E-state index in [1.165, 1.54) is 24.1 Å². The minimum Gasteiger partial charge on any atom is -0.496 e. The first kappa shape index (κ1) is 14.0. The van der Waals surface area contributed by atoms with Crippen LogP contribution in [0.25, 0.3) is 11.4 Å². The van der Waals surface area contributed by atoms with Gasteiger partial charge < -0.3 is 10.1 Å². The third-order valence-corrected chi connectivity index (χ3v) is 4.13. The van der Waals surface area contributed by atoms with Crippen molar-refractivity contribution in [2.24, 2.45) is 0 Å². The zero-order valence-corrected chi connectivity index (χ0v) is 12.6. The fraction of sp³-hybridized carbons (Fsp3) is 0.412. The molecule has 0 bridgehead atoms. The predicted molar refractivity (Wildman–Crippen MR) is 83.4 cm³/mol. The van der Waals surface area contributed by atoms with Crippen LogP contribution in [-0.4, -0.2) is 24.1 Å². The van der Waals surface area contributed by atoms with Crippen LogP contribution in [0.3, 0.4) is 0 Å². The van der Waals surface area contributed by atoms with Crippen LogP contribution in [0.5, 0.6) is 5.75 Å². The molecule has 1 unspecified atom stereocenters. The molecule has 21 heavy (non-hydrogen) atoms. The fourth-order valence-electron chi connectivity index (χ4n) is 2.97. The maximum atomic E-state index is 5.42. The lowest BCUT2D eigenvalue weighted by Crippen LogP contribution is -2.17. The highest BCUT2D eigenvalue weighted by atomic mass is 16.5. The first-order valence-corrected chi connectivity index (χ1v) is 7.50. The van der Waals surface area contributed by atoms with E-state index in [1.54, 1.807) is 7.11 Å². The number of aryl methyl sites for hydroxylation is 1. The highest BCUT2D eigenvalue weighted by Crippen LogP contribution is 2.31. The monoisotopic (exact) mass is 283 g/mol. The molecule has 2 aromatic rings. The number of hydrogen-bond donors (Lipinski definition) is 1. The van der Waals surface area contributed by atoms with Gasteiger partial charge in [0.05, 0.1) is 12.7 Å². The summed E-state index contributed by atoms with van der Waals surface area (Å²) in [5.41, 5.74) is 3.37. The van der Waals surface area contributed by atoms with Crippen molar-refractivity contribution < 1.29 is 4.74 Å². The third kappa shape index (κ3) is 2.76. The molecule has 0 amide bonds. The number of fused-ring (bicyclic) bond motifs is 1. The Labute approximate surface area is 125 Å². The molecule has 0 aliphatic heterocycles. The van der Waals surface area contributed by atoms with Crippen LogP contribution < -0.4 is 10.1 Å². The molecule has 1 atom stereocenters. The first-order valence-electron chi connectivity index (χ1n) is 7.50. The molecule has 1 aromatic heterocycles. The molecule has 4 heteroatoms. The zero-order valence-electron chi connectivity index (χ0n) is 12.6. The van der Waals surface area contributed by atoms with E-state index >= 15 is 0 Å². The molecular formula is C17H21N3O. The van der Waals surface area contributed by atoms with Gasteiger partial charge >= 0.3 is 0 Å². The number of hydrogen-bond acceptors (Lipinski definition) is 4. The second-order valence-corrected chi connectivity index (χ2v) is 5.38. The van der Waals surface area contributed by atoms with E-state index in [0.717, 1.165) is 30.0 Å². The minimum atomic E-state index is 0.370. The Morgan fingerprint density at radius 3 is 2.90 bits per heavy atom. The molecule has 0 saturated heterocycles. The van der Waals surface area contributed by atoms with Crippen molar-refractivity contribution in [2.45, 2.75) is 31.7 Å². The van der Waals surface area contributed by atoms with Gasteiger partial charge in [-0.25, -0.2) is 9.97 Å². The van der Waals surface area contributed by atoms with Gasteiger partial charge in [-0.3, -0.25) is 0 Å². The summed E-state index contributed by atoms with van der Waals surface area (Å²) < 4.78 is 5.42. The predicted octanol–water partition coefficient (Wildman–Crippen LogP) is 3.14. The maximum Gasteiger partial charge on any atom is 0.163 e. The number of benzene rings is 1. The van der Waals surface area contributed by atoms with Gasteiger partial charge in [0.2, 0.25) is 0 Å². The van der Waals surface area contributed by atoms with Crippen molar-refractivity contribution in [3.63, 3.8) is 0 Å². The molecule has 0 fully saturated rings. The summed E-state index contributed by atoms with van der Waals surface area (Å²) in [7, 11) is 3.69. The van der Waals surface area contributed by atoms with E-state index in [4.69, 9.17) is 9.72 Å². The molecule has 110 valence electrons. The molecule has 1 N–H and O–H groups in total. The van der Waals surface area contributed by atoms with Crippen LogP contribution in [0, 0.1) is 0 Å². The Hall–Kier alpha value is -1.94. The van der Waals surface area contributed by atoms with E-state index in [9.17, 15) is 0 Å². The van der Waals surface area contributed by atoms with Crippen molar-refractivity contribution in [3.8, 4) is 17.1 Å². The smallest absolute Gasteiger partial charge is 0.163 e. The molecule has 0 spiro atoms. The average molecular weight is 283 g/mol. The number of nitrogens with one attached hydrogen (secondary N) is 1. The summed E-state index contributed by atoms with van der Waals surface area (Å²) in [6, 6.07) is 8.27. The van der Waals surface area contributed by atoms with Crippen molar-refractivity contribution in [1.29, 1.82) is 0 Å². The Kier molecular flexibility index (Phi) is 4.15. The largest absolute Gasteiger partial charge is 0.496 e. The highest BCUT2D eigenvalue weighted by Gasteiger charge is 2.20. The first-order chi connectivity index (χ1) is 10.3. The van der Waals surface area contributed by atoms with Gasteiger partial charge in [0, 0.05) is 23.5 Å². The summed E-state index contributed by atoms with van der Waals surface area (Å²) in [6.45, 7) is 0. The van der Waals surface area contributed by atoms with E-state index in [0.29, 0.717) is 6.04 Å². The average Bonchev–Trinajstić information content (AvgIpc) is 2.76. The number of para-hydroxylation sites is 1. The molecule has 1 aromatic carbocycles. The standard InChI is InChI=1S/C17H21N3O/c1-18-14-8-4-5-9-15-13(14)11-19-17(20-15)12-7-3-6-10-16(12)21-2/h3,6-7,10-11,14,18H,4-5,8-9H2,1-2H3. The summed E-state index contributed by atoms with van der Waals surface area (Å²) >= 11 is 0. The normalized spacial score (nSPS) is 17.9. The van der Waals surface area contributed by atoms with E-state index < -0.39 is 0 Å². The minimum absolute atomic E-state index is 0.370. The van der Waals surface area contributed by atoms with Gasteiger partial charge in [-0.05, 0) is 38.4 Å². The molecule has 1 aliphatic carbocycles. The van der Waals surface area contributed by atoms with Crippen molar-refractivity contribution in [3.05, 3.63) is 41.7 Å². The lowest BCUT2D eigenvalue weighted by molar-refractivity contribution is 0.416. The lowest BCUT2D eigenvalue weighted by Gasteiger charge is -2.16. The van der Waals surface area contributed by atoms with Gasteiger partial charge in [-0.15, -0.1) is 0 Å². The van der Waals surface area contributed by atoms with Crippen LogP contribution in [0.4, 0.5) is 0 Å². The Bertz CT molecular complexity index is 627. The Morgan fingerprint density at radius 2 is 2.10 bits per heavy atom. The fourth-order valence-corrected chi connectivity index (χ4v) is 2.97. The van der Waals surface area contributed by atoms with Gasteiger partial charge in [-0.2, -0.15) is 0 Å². The summed E-state index contributed by atoms with van der Waals surface area (Å²) in [4.78, 5) is 9.40. The molecule has 4 nitrogen and oxygen atoms in total. The third-order valence-electron chi connectivity index (χ3n) is 4.13. The second kappa shape index (κ2) is 6.22. The number of methoxy groups -OCH3 is 1. The Morgan fingerprint density at radius 1 is 1.24 bits per heavy atom. The van der Waals surface area contributed by atoms with Crippen molar-refractivity contribution in [1.82, 2.24) is 15.3 Å². The molecule has 1 heterocycles. The molecular weight excluding hydrogens is 262 g/mol. The topological polar surface area (TPSA) is 47.0 Å². The maximum absolute atomic E-state index is 5.42. The zero-order chi connectivity index (χ0) is 14.7. The van der Waals surface area contributed by atoms with E-state index in [2.05, 4.69) is 10.3 Å². The summed E-state index contributed by atoms with van der Waals surface area (Å²) in [5.74, 6) is 1.57. The quantitative estimate of drug-likeness (QED) is 0.879. The molecule has 1 aliphatic rings. The number of rotatable bonds is 3. The van der Waals surface area contributed by atoms with E-state index in [1.807, 2.05) is 37.5 Å². The molecule has 3 rings (SSSR count). The van der Waals surface area contributed by atoms with Crippen molar-refractivity contribution >= 4 is 0 Å². The number of nitrogens with zero attached hydrogens (tertiary/aromatic N) is 2. The lowest BCUT2D eigenvalue weighted by atomic mass is 10.0. The number of aromatic nitrogens is 2. The molecule has 0 saturated carbocycles. The Balaban J connectivity index is 2.04. The van der Waals surface area contributed by atoms with Crippen molar-refractivity contribution in [2.75, 3.05) is 14.2 Å². The van der Waals surface area contributed by atoms with Gasteiger partial charge in [0.1, 0.15) is 5.75 Å². The second-order valence-electron chi connectivity index (χ2n) is 5.38.